The van der Waals surface area contributed by atoms with Crippen molar-refractivity contribution in [2.75, 3.05) is 44.2 Å². The molecule has 2 heterocycles. The van der Waals surface area contributed by atoms with E-state index < -0.39 is 10.0 Å². The first kappa shape index (κ1) is 25.4. The summed E-state index contributed by atoms with van der Waals surface area (Å²) in [5.74, 6) is 1.00. The maximum Gasteiger partial charge on any atom is 0.243 e. The molecular formula is C27H37N5O2S. The molecule has 0 spiro atoms. The first-order valence-electron chi connectivity index (χ1n) is 12.5. The monoisotopic (exact) mass is 495 g/mol. The Labute approximate surface area is 210 Å². The molecule has 0 radical (unpaired) electrons. The molecule has 35 heavy (non-hydrogen) atoms. The molecule has 0 N–H and O–H groups in total. The van der Waals surface area contributed by atoms with Gasteiger partial charge < -0.3 is 9.80 Å². The summed E-state index contributed by atoms with van der Waals surface area (Å²) in [5, 5.41) is 4.91. The van der Waals surface area contributed by atoms with Crippen LogP contribution in [0.2, 0.25) is 0 Å². The number of para-hydroxylation sites is 1. The maximum absolute atomic E-state index is 13.7. The highest BCUT2D eigenvalue weighted by Crippen LogP contribution is 2.31. The fourth-order valence-electron chi connectivity index (χ4n) is 4.65. The molecule has 0 atom stereocenters. The van der Waals surface area contributed by atoms with Crippen LogP contribution in [0.4, 0.5) is 5.82 Å². The van der Waals surface area contributed by atoms with Crippen molar-refractivity contribution >= 4 is 15.8 Å². The van der Waals surface area contributed by atoms with E-state index >= 15 is 0 Å². The fourth-order valence-corrected chi connectivity index (χ4v) is 6.15. The molecule has 0 unspecified atom stereocenters. The average molecular weight is 496 g/mol. The highest BCUT2D eigenvalue weighted by atomic mass is 32.2. The van der Waals surface area contributed by atoms with Gasteiger partial charge in [-0.15, -0.1) is 0 Å². The van der Waals surface area contributed by atoms with E-state index in [0.29, 0.717) is 18.0 Å². The van der Waals surface area contributed by atoms with Gasteiger partial charge in [0.1, 0.15) is 5.82 Å². The van der Waals surface area contributed by atoms with Crippen molar-refractivity contribution < 1.29 is 8.42 Å². The third-order valence-electron chi connectivity index (χ3n) is 6.74. The van der Waals surface area contributed by atoms with Crippen LogP contribution in [0.25, 0.3) is 5.69 Å². The van der Waals surface area contributed by atoms with Crippen molar-refractivity contribution in [3.63, 3.8) is 0 Å². The van der Waals surface area contributed by atoms with Crippen LogP contribution in [0.3, 0.4) is 0 Å². The van der Waals surface area contributed by atoms with Crippen LogP contribution in [-0.2, 0) is 16.6 Å². The minimum absolute atomic E-state index is 0.298. The third-order valence-corrected chi connectivity index (χ3v) is 8.60. The van der Waals surface area contributed by atoms with E-state index in [-0.39, 0.29) is 0 Å². The highest BCUT2D eigenvalue weighted by molar-refractivity contribution is 7.89. The summed E-state index contributed by atoms with van der Waals surface area (Å²) in [6.45, 7) is 13.7. The molecule has 1 aliphatic heterocycles. The molecule has 2 aromatic carbocycles. The maximum atomic E-state index is 13.7. The molecule has 1 saturated heterocycles. The first-order chi connectivity index (χ1) is 16.8. The number of hydrogen-bond donors (Lipinski definition) is 0. The Morgan fingerprint density at radius 1 is 0.914 bits per heavy atom. The molecule has 188 valence electrons. The number of likely N-dealkylation sites (N-methyl/N-ethyl adjacent to an activating group) is 1. The molecule has 1 aliphatic rings. The molecule has 0 amide bonds. The number of piperazine rings is 1. The summed E-state index contributed by atoms with van der Waals surface area (Å²) in [4.78, 5) is 5.15. The normalized spacial score (nSPS) is 15.2. The lowest BCUT2D eigenvalue weighted by atomic mass is 10.2. The Hall–Kier alpha value is -2.68. The minimum atomic E-state index is -3.64. The lowest BCUT2D eigenvalue weighted by molar-refractivity contribution is 0.269. The van der Waals surface area contributed by atoms with Crippen LogP contribution in [0.1, 0.15) is 37.1 Å². The standard InChI is InChI=1S/C27H37N5O2S/c1-5-16-31(35(33,34)25-14-12-22(3)13-15-25)21-26-23(4)28-32(24-10-8-7-9-11-24)27(26)30-19-17-29(6-2)18-20-30/h7-15H,5-6,16-21H2,1-4H3. The number of hydrogen-bond acceptors (Lipinski definition) is 5. The van der Waals surface area contributed by atoms with Gasteiger partial charge in [-0.2, -0.15) is 9.40 Å². The van der Waals surface area contributed by atoms with Crippen LogP contribution in [0.5, 0.6) is 0 Å². The van der Waals surface area contributed by atoms with Crippen molar-refractivity contribution in [3.05, 3.63) is 71.4 Å². The number of sulfonamides is 1. The van der Waals surface area contributed by atoms with Gasteiger partial charge >= 0.3 is 0 Å². The van der Waals surface area contributed by atoms with Gasteiger partial charge in [0.15, 0.2) is 0 Å². The number of anilines is 1. The molecular weight excluding hydrogens is 458 g/mol. The molecule has 1 fully saturated rings. The van der Waals surface area contributed by atoms with E-state index in [9.17, 15) is 8.42 Å². The van der Waals surface area contributed by atoms with Crippen molar-refractivity contribution in [1.82, 2.24) is 19.0 Å². The van der Waals surface area contributed by atoms with Gasteiger partial charge in [-0.25, -0.2) is 13.1 Å². The van der Waals surface area contributed by atoms with Crippen LogP contribution in [0.15, 0.2) is 59.5 Å². The van der Waals surface area contributed by atoms with Crippen LogP contribution < -0.4 is 4.90 Å². The topological polar surface area (TPSA) is 61.7 Å². The van der Waals surface area contributed by atoms with Crippen LogP contribution in [0, 0.1) is 13.8 Å². The van der Waals surface area contributed by atoms with Crippen molar-refractivity contribution in [2.45, 2.75) is 45.6 Å². The van der Waals surface area contributed by atoms with E-state index in [0.717, 1.165) is 67.5 Å². The van der Waals surface area contributed by atoms with Crippen molar-refractivity contribution in [1.29, 1.82) is 0 Å². The van der Waals surface area contributed by atoms with Crippen LogP contribution in [-0.4, -0.2) is 66.7 Å². The van der Waals surface area contributed by atoms with Gasteiger partial charge in [-0.1, -0.05) is 49.7 Å². The Morgan fingerprint density at radius 2 is 1.57 bits per heavy atom. The third kappa shape index (κ3) is 5.44. The van der Waals surface area contributed by atoms with Gasteiger partial charge in [0.25, 0.3) is 0 Å². The second kappa shape index (κ2) is 10.9. The molecule has 7 nitrogen and oxygen atoms in total. The zero-order chi connectivity index (χ0) is 25.0. The van der Waals surface area contributed by atoms with E-state index in [1.807, 2.05) is 55.8 Å². The molecule has 0 bridgehead atoms. The Bertz CT molecular complexity index is 1210. The Balaban J connectivity index is 1.76. The predicted octanol–water partition coefficient (Wildman–Crippen LogP) is 4.23. The second-order valence-corrected chi connectivity index (χ2v) is 11.1. The summed E-state index contributed by atoms with van der Waals surface area (Å²) < 4.78 is 31.0. The van der Waals surface area contributed by atoms with Gasteiger partial charge in [0, 0.05) is 44.8 Å². The average Bonchev–Trinajstić information content (AvgIpc) is 3.20. The van der Waals surface area contributed by atoms with E-state index in [2.05, 4.69) is 28.9 Å². The van der Waals surface area contributed by atoms with Crippen LogP contribution >= 0.6 is 0 Å². The lowest BCUT2D eigenvalue weighted by Gasteiger charge is -2.36. The van der Waals surface area contributed by atoms with E-state index in [4.69, 9.17) is 5.10 Å². The summed E-state index contributed by atoms with van der Waals surface area (Å²) in [6.07, 6.45) is 0.738. The van der Waals surface area contributed by atoms with Crippen molar-refractivity contribution in [2.24, 2.45) is 0 Å². The molecule has 3 aromatic rings. The quantitative estimate of drug-likeness (QED) is 0.445. The minimum Gasteiger partial charge on any atom is -0.354 e. The Morgan fingerprint density at radius 3 is 2.17 bits per heavy atom. The number of aryl methyl sites for hydroxylation is 2. The molecule has 1 aromatic heterocycles. The zero-order valence-electron chi connectivity index (χ0n) is 21.3. The number of benzene rings is 2. The Kier molecular flexibility index (Phi) is 7.94. The second-order valence-electron chi connectivity index (χ2n) is 9.21. The molecule has 0 saturated carbocycles. The molecule has 0 aliphatic carbocycles. The smallest absolute Gasteiger partial charge is 0.243 e. The van der Waals surface area contributed by atoms with Gasteiger partial charge in [-0.3, -0.25) is 0 Å². The SMILES string of the molecule is CCCN(Cc1c(C)nn(-c2ccccc2)c1N1CCN(CC)CC1)S(=O)(=O)c1ccc(C)cc1. The summed E-state index contributed by atoms with van der Waals surface area (Å²) in [6, 6.07) is 17.2. The first-order valence-corrected chi connectivity index (χ1v) is 14.0. The summed E-state index contributed by atoms with van der Waals surface area (Å²) in [5.41, 5.74) is 3.86. The predicted molar refractivity (Wildman–Crippen MR) is 142 cm³/mol. The zero-order valence-corrected chi connectivity index (χ0v) is 22.1. The fraction of sp³-hybridized carbons (Fsp3) is 0.444. The number of nitrogens with zero attached hydrogens (tertiary/aromatic N) is 5. The van der Waals surface area contributed by atoms with E-state index in [1.54, 1.807) is 16.4 Å². The highest BCUT2D eigenvalue weighted by Gasteiger charge is 2.30. The van der Waals surface area contributed by atoms with E-state index in [1.165, 1.54) is 0 Å². The molecule has 8 heteroatoms. The van der Waals surface area contributed by atoms with Gasteiger partial charge in [-0.05, 0) is 51.1 Å². The summed E-state index contributed by atoms with van der Waals surface area (Å²) >= 11 is 0. The number of rotatable bonds is 9. The largest absolute Gasteiger partial charge is 0.354 e. The lowest BCUT2D eigenvalue weighted by Crippen LogP contribution is -2.47. The van der Waals surface area contributed by atoms with Gasteiger partial charge in [0.2, 0.25) is 10.0 Å². The van der Waals surface area contributed by atoms with Gasteiger partial charge in [0.05, 0.1) is 16.3 Å². The van der Waals surface area contributed by atoms with Crippen molar-refractivity contribution in [3.8, 4) is 5.69 Å². The molecule has 4 rings (SSSR count). The summed E-state index contributed by atoms with van der Waals surface area (Å²) in [7, 11) is -3.64. The number of aromatic nitrogens is 2.